The second kappa shape index (κ2) is 13.3. The van der Waals surface area contributed by atoms with E-state index >= 15 is 0 Å². The molecule has 29 heavy (non-hydrogen) atoms. The van der Waals surface area contributed by atoms with Gasteiger partial charge in [-0.05, 0) is 31.6 Å². The molecule has 1 aromatic rings. The molecule has 0 aliphatic heterocycles. The van der Waals surface area contributed by atoms with E-state index in [4.69, 9.17) is 5.11 Å². The largest absolute Gasteiger partial charge is 0.481 e. The number of aryl methyl sites for hydroxylation is 2. The monoisotopic (exact) mass is 430 g/mol. The van der Waals surface area contributed by atoms with Gasteiger partial charge in [-0.1, -0.05) is 31.4 Å². The smallest absolute Gasteiger partial charge is 0.303 e. The quantitative estimate of drug-likeness (QED) is 0.382. The van der Waals surface area contributed by atoms with Crippen molar-refractivity contribution in [1.82, 2.24) is 20.3 Å². The molecule has 0 fully saturated rings. The van der Waals surface area contributed by atoms with Gasteiger partial charge in [0.25, 0.3) is 0 Å². The lowest BCUT2D eigenvalue weighted by Gasteiger charge is -2.10. The van der Waals surface area contributed by atoms with Crippen molar-refractivity contribution in [2.75, 3.05) is 18.6 Å². The summed E-state index contributed by atoms with van der Waals surface area (Å²) in [6.45, 7) is 2.99. The molecule has 0 saturated heterocycles. The summed E-state index contributed by atoms with van der Waals surface area (Å²) in [5.41, 5.74) is 0.817. The Balaban J connectivity index is 2.03. The molecule has 9 nitrogen and oxygen atoms in total. The summed E-state index contributed by atoms with van der Waals surface area (Å²) in [6.07, 6.45) is 9.68. The fourth-order valence-corrected chi connectivity index (χ4v) is 3.58. The third-order valence-corrected chi connectivity index (χ3v) is 5.53. The maximum atomic E-state index is 11.7. The lowest BCUT2D eigenvalue weighted by atomic mass is 10.1. The normalized spacial score (nSPS) is 12.6. The number of carboxylic acid groups (broad SMARTS) is 1. The number of nitrogens with one attached hydrogen (secondary N) is 1. The summed E-state index contributed by atoms with van der Waals surface area (Å²) < 4.78 is 24.0. The van der Waals surface area contributed by atoms with Gasteiger partial charge in [0.2, 0.25) is 5.91 Å². The number of rotatable bonds is 16. The number of unbranched alkanes of at least 4 members (excludes halogenated alkanes) is 4. The Bertz CT molecular complexity index is 733. The maximum Gasteiger partial charge on any atom is 0.303 e. The first-order chi connectivity index (χ1) is 13.7. The third kappa shape index (κ3) is 13.8. The highest BCUT2D eigenvalue weighted by Gasteiger charge is 2.09. The van der Waals surface area contributed by atoms with E-state index in [2.05, 4.69) is 15.6 Å². The molecule has 166 valence electrons. The molecule has 0 radical (unpaired) electrons. The molecule has 0 spiro atoms. The van der Waals surface area contributed by atoms with Crippen molar-refractivity contribution >= 4 is 21.7 Å². The molecule has 10 heteroatoms. The fraction of sp³-hybridized carbons (Fsp3) is 0.789. The van der Waals surface area contributed by atoms with Gasteiger partial charge in [-0.2, -0.15) is 0 Å². The summed E-state index contributed by atoms with van der Waals surface area (Å²) >= 11 is 0. The molecule has 0 aliphatic carbocycles. The molecule has 1 unspecified atom stereocenters. The predicted octanol–water partition coefficient (Wildman–Crippen LogP) is 1.82. The molecule has 1 rings (SSSR count). The molecular formula is C19H34N4O5S. The van der Waals surface area contributed by atoms with Crippen molar-refractivity contribution in [3.05, 3.63) is 11.9 Å². The van der Waals surface area contributed by atoms with Crippen LogP contribution in [0.1, 0.15) is 64.0 Å². The van der Waals surface area contributed by atoms with Crippen LogP contribution in [-0.2, 0) is 32.4 Å². The first-order valence-electron chi connectivity index (χ1n) is 10.2. The predicted molar refractivity (Wildman–Crippen MR) is 110 cm³/mol. The van der Waals surface area contributed by atoms with Gasteiger partial charge in [0, 0.05) is 38.4 Å². The second-order valence-corrected chi connectivity index (χ2v) is 9.99. The molecule has 2 N–H and O–H groups in total. The van der Waals surface area contributed by atoms with Gasteiger partial charge in [-0.15, -0.1) is 5.10 Å². The van der Waals surface area contributed by atoms with Gasteiger partial charge in [0.1, 0.15) is 9.84 Å². The third-order valence-electron chi connectivity index (χ3n) is 4.50. The van der Waals surface area contributed by atoms with Crippen molar-refractivity contribution in [2.24, 2.45) is 5.92 Å². The van der Waals surface area contributed by atoms with E-state index < -0.39 is 15.8 Å². The number of carboxylic acids is 1. The SMILES string of the molecule is CC(CNC(=O)CCCCCCCn1cc(CCCS(C)(=O)=O)nn1)CC(=O)O. The van der Waals surface area contributed by atoms with Gasteiger partial charge < -0.3 is 10.4 Å². The highest BCUT2D eigenvalue weighted by atomic mass is 32.2. The first-order valence-corrected chi connectivity index (χ1v) is 12.3. The van der Waals surface area contributed by atoms with Crippen LogP contribution >= 0.6 is 0 Å². The number of carbonyl (C=O) groups is 2. The van der Waals surface area contributed by atoms with E-state index in [0.29, 0.717) is 25.8 Å². The number of hydrogen-bond acceptors (Lipinski definition) is 6. The minimum absolute atomic E-state index is 0.0201. The zero-order chi connectivity index (χ0) is 21.7. The Hall–Kier alpha value is -1.97. The zero-order valence-corrected chi connectivity index (χ0v) is 18.3. The summed E-state index contributed by atoms with van der Waals surface area (Å²) in [6, 6.07) is 0. The number of amides is 1. The highest BCUT2D eigenvalue weighted by molar-refractivity contribution is 7.90. The number of carbonyl (C=O) groups excluding carboxylic acids is 1. The van der Waals surface area contributed by atoms with Crippen molar-refractivity contribution in [3.63, 3.8) is 0 Å². The molecule has 1 aromatic heterocycles. The van der Waals surface area contributed by atoms with Crippen LogP contribution in [0, 0.1) is 5.92 Å². The lowest BCUT2D eigenvalue weighted by molar-refractivity contribution is -0.138. The summed E-state index contributed by atoms with van der Waals surface area (Å²) in [4.78, 5) is 22.3. The Kier molecular flexibility index (Phi) is 11.5. The minimum Gasteiger partial charge on any atom is -0.481 e. The van der Waals surface area contributed by atoms with Crippen LogP contribution in [0.2, 0.25) is 0 Å². The molecular weight excluding hydrogens is 396 g/mol. The lowest BCUT2D eigenvalue weighted by Crippen LogP contribution is -2.28. The minimum atomic E-state index is -2.93. The molecule has 0 aromatic carbocycles. The highest BCUT2D eigenvalue weighted by Crippen LogP contribution is 2.08. The van der Waals surface area contributed by atoms with E-state index in [1.54, 1.807) is 4.68 Å². The van der Waals surface area contributed by atoms with Gasteiger partial charge in [0.15, 0.2) is 0 Å². The van der Waals surface area contributed by atoms with E-state index in [-0.39, 0.29) is 24.0 Å². The van der Waals surface area contributed by atoms with Crippen LogP contribution in [0.15, 0.2) is 6.20 Å². The average Bonchev–Trinajstić information content (AvgIpc) is 3.05. The Morgan fingerprint density at radius 1 is 1.17 bits per heavy atom. The molecule has 0 bridgehead atoms. The van der Waals surface area contributed by atoms with E-state index in [1.807, 2.05) is 13.1 Å². The van der Waals surface area contributed by atoms with Crippen molar-refractivity contribution < 1.29 is 23.1 Å². The Morgan fingerprint density at radius 3 is 2.55 bits per heavy atom. The number of aliphatic carboxylic acids is 1. The van der Waals surface area contributed by atoms with E-state index in [1.165, 1.54) is 6.26 Å². The molecule has 1 amide bonds. The summed E-state index contributed by atoms with van der Waals surface area (Å²) in [5.74, 6) is -0.762. The fourth-order valence-electron chi connectivity index (χ4n) is 2.91. The average molecular weight is 431 g/mol. The van der Waals surface area contributed by atoms with Crippen molar-refractivity contribution in [3.8, 4) is 0 Å². The Labute approximate surface area is 173 Å². The topological polar surface area (TPSA) is 131 Å². The first kappa shape index (κ1) is 25.1. The van der Waals surface area contributed by atoms with Crippen LogP contribution in [0.5, 0.6) is 0 Å². The van der Waals surface area contributed by atoms with Crippen molar-refractivity contribution in [2.45, 2.75) is 71.3 Å². The Morgan fingerprint density at radius 2 is 1.86 bits per heavy atom. The number of sulfone groups is 1. The summed E-state index contributed by atoms with van der Waals surface area (Å²) in [5, 5.41) is 19.6. The zero-order valence-electron chi connectivity index (χ0n) is 17.5. The van der Waals surface area contributed by atoms with Gasteiger partial charge >= 0.3 is 5.97 Å². The van der Waals surface area contributed by atoms with Crippen LogP contribution in [0.4, 0.5) is 0 Å². The molecule has 1 atom stereocenters. The van der Waals surface area contributed by atoms with Crippen LogP contribution in [0.3, 0.4) is 0 Å². The second-order valence-electron chi connectivity index (χ2n) is 7.73. The molecule has 0 saturated carbocycles. The standard InChI is InChI=1S/C19H34N4O5S/c1-16(13-19(25)26)14-20-18(24)10-6-4-3-5-7-11-23-15-17(21-22-23)9-8-12-29(2,27)28/h15-16H,3-14H2,1-2H3,(H,20,24)(H,25,26). The summed E-state index contributed by atoms with van der Waals surface area (Å²) in [7, 11) is -2.93. The number of nitrogens with zero attached hydrogens (tertiary/aromatic N) is 3. The van der Waals surface area contributed by atoms with Gasteiger partial charge in [-0.25, -0.2) is 8.42 Å². The van der Waals surface area contributed by atoms with Crippen LogP contribution in [-0.4, -0.2) is 58.9 Å². The van der Waals surface area contributed by atoms with E-state index in [0.717, 1.165) is 44.3 Å². The van der Waals surface area contributed by atoms with Gasteiger partial charge in [-0.3, -0.25) is 14.3 Å². The van der Waals surface area contributed by atoms with Crippen LogP contribution < -0.4 is 5.32 Å². The molecule has 1 heterocycles. The van der Waals surface area contributed by atoms with Crippen molar-refractivity contribution in [1.29, 1.82) is 0 Å². The van der Waals surface area contributed by atoms with Gasteiger partial charge in [0.05, 0.1) is 11.4 Å². The number of hydrogen-bond donors (Lipinski definition) is 2. The molecule has 0 aliphatic rings. The van der Waals surface area contributed by atoms with Crippen LogP contribution in [0.25, 0.3) is 0 Å². The maximum absolute atomic E-state index is 11.7. The van der Waals surface area contributed by atoms with E-state index in [9.17, 15) is 18.0 Å². The number of aromatic nitrogens is 3.